The number of hydrogen-bond acceptors (Lipinski definition) is 3. The van der Waals surface area contributed by atoms with Crippen molar-refractivity contribution < 1.29 is 14.3 Å². The molecule has 1 amide bonds. The van der Waals surface area contributed by atoms with E-state index in [-0.39, 0.29) is 17.2 Å². The zero-order valence-corrected chi connectivity index (χ0v) is 15.6. The molecule has 0 radical (unpaired) electrons. The zero-order valence-electron chi connectivity index (χ0n) is 15.6. The van der Waals surface area contributed by atoms with E-state index in [9.17, 15) is 4.79 Å². The van der Waals surface area contributed by atoms with Crippen molar-refractivity contribution in [2.24, 2.45) is 17.3 Å². The monoisotopic (exact) mass is 331 g/mol. The van der Waals surface area contributed by atoms with Crippen LogP contribution in [0.5, 0.6) is 11.5 Å². The van der Waals surface area contributed by atoms with Gasteiger partial charge >= 0.3 is 0 Å². The molecular weight excluding hydrogens is 302 g/mol. The number of amides is 1. The van der Waals surface area contributed by atoms with Crippen molar-refractivity contribution in [3.8, 4) is 11.5 Å². The Bertz CT molecular complexity index is 630. The number of hydrogen-bond donors (Lipinski definition) is 1. The number of ether oxygens (including phenoxy) is 2. The summed E-state index contributed by atoms with van der Waals surface area (Å²) in [6.07, 6.45) is 2.99. The standard InChI is InChI=1S/C20H29NO3/c1-13(2)11-15-18(20(15,3)4)19(22)21-10-9-14-7-8-16(23-5)17(12-14)24-6/h7-8,11-12,15,18H,9-10H2,1-6H3,(H,21,22)/t15-,18+/m1/s1. The van der Waals surface area contributed by atoms with Gasteiger partial charge in [0, 0.05) is 6.54 Å². The summed E-state index contributed by atoms with van der Waals surface area (Å²) < 4.78 is 10.6. The molecule has 0 bridgehead atoms. The van der Waals surface area contributed by atoms with Gasteiger partial charge in [-0.05, 0) is 49.3 Å². The Balaban J connectivity index is 1.89. The van der Waals surface area contributed by atoms with Crippen LogP contribution in [0.3, 0.4) is 0 Å². The van der Waals surface area contributed by atoms with Crippen molar-refractivity contribution in [1.29, 1.82) is 0 Å². The Hall–Kier alpha value is -1.97. The molecule has 0 spiro atoms. The first-order valence-electron chi connectivity index (χ1n) is 8.45. The van der Waals surface area contributed by atoms with Crippen LogP contribution in [0.1, 0.15) is 33.3 Å². The van der Waals surface area contributed by atoms with Crippen LogP contribution in [-0.2, 0) is 11.2 Å². The molecule has 1 fully saturated rings. The quantitative estimate of drug-likeness (QED) is 0.777. The lowest BCUT2D eigenvalue weighted by atomic mass is 10.1. The average molecular weight is 331 g/mol. The smallest absolute Gasteiger partial charge is 0.224 e. The Labute approximate surface area is 145 Å². The van der Waals surface area contributed by atoms with Gasteiger partial charge in [-0.25, -0.2) is 0 Å². The van der Waals surface area contributed by atoms with Crippen LogP contribution in [0.15, 0.2) is 29.8 Å². The molecule has 1 aromatic carbocycles. The highest BCUT2D eigenvalue weighted by Crippen LogP contribution is 2.59. The molecule has 1 saturated carbocycles. The van der Waals surface area contributed by atoms with Gasteiger partial charge in [0.05, 0.1) is 20.1 Å². The Morgan fingerprint density at radius 3 is 2.46 bits per heavy atom. The SMILES string of the molecule is COc1ccc(CCNC(=O)[C@@H]2[C@@H](C=C(C)C)C2(C)C)cc1OC. The van der Waals surface area contributed by atoms with Gasteiger partial charge in [-0.3, -0.25) is 4.79 Å². The normalized spacial score (nSPS) is 20.9. The predicted octanol–water partition coefficient (Wildman–Crippen LogP) is 3.60. The molecule has 0 aliphatic heterocycles. The fourth-order valence-corrected chi connectivity index (χ4v) is 3.32. The minimum Gasteiger partial charge on any atom is -0.493 e. The topological polar surface area (TPSA) is 47.6 Å². The summed E-state index contributed by atoms with van der Waals surface area (Å²) in [4.78, 5) is 12.4. The zero-order chi connectivity index (χ0) is 17.9. The number of carbonyl (C=O) groups excluding carboxylic acids is 1. The molecule has 0 heterocycles. The Morgan fingerprint density at radius 1 is 1.21 bits per heavy atom. The number of nitrogens with one attached hydrogen (secondary N) is 1. The molecule has 24 heavy (non-hydrogen) atoms. The van der Waals surface area contributed by atoms with E-state index in [2.05, 4.69) is 39.1 Å². The van der Waals surface area contributed by atoms with Gasteiger partial charge in [0.1, 0.15) is 0 Å². The molecule has 4 nitrogen and oxygen atoms in total. The van der Waals surface area contributed by atoms with E-state index < -0.39 is 0 Å². The summed E-state index contributed by atoms with van der Waals surface area (Å²) in [5.74, 6) is 2.02. The molecule has 2 rings (SSSR count). The van der Waals surface area contributed by atoms with Crippen LogP contribution in [0.2, 0.25) is 0 Å². The molecule has 1 N–H and O–H groups in total. The van der Waals surface area contributed by atoms with Crippen molar-refractivity contribution in [2.75, 3.05) is 20.8 Å². The van der Waals surface area contributed by atoms with E-state index in [4.69, 9.17) is 9.47 Å². The fraction of sp³-hybridized carbons (Fsp3) is 0.550. The van der Waals surface area contributed by atoms with Crippen molar-refractivity contribution in [3.63, 3.8) is 0 Å². The van der Waals surface area contributed by atoms with Gasteiger partial charge in [-0.15, -0.1) is 0 Å². The second kappa shape index (κ2) is 7.29. The van der Waals surface area contributed by atoms with Gasteiger partial charge in [0.15, 0.2) is 11.5 Å². The third kappa shape index (κ3) is 3.92. The largest absolute Gasteiger partial charge is 0.493 e. The lowest BCUT2D eigenvalue weighted by molar-refractivity contribution is -0.123. The van der Waals surface area contributed by atoms with E-state index >= 15 is 0 Å². The summed E-state index contributed by atoms with van der Waals surface area (Å²) in [6.45, 7) is 9.12. The number of allylic oxidation sites excluding steroid dienone is 2. The molecule has 2 atom stereocenters. The predicted molar refractivity (Wildman–Crippen MR) is 96.5 cm³/mol. The van der Waals surface area contributed by atoms with Gasteiger partial charge in [0.25, 0.3) is 0 Å². The van der Waals surface area contributed by atoms with Gasteiger partial charge in [-0.2, -0.15) is 0 Å². The summed E-state index contributed by atoms with van der Waals surface area (Å²) in [5.41, 5.74) is 2.45. The summed E-state index contributed by atoms with van der Waals surface area (Å²) >= 11 is 0. The third-order valence-electron chi connectivity index (χ3n) is 4.87. The second-order valence-corrected chi connectivity index (χ2v) is 7.30. The van der Waals surface area contributed by atoms with Crippen molar-refractivity contribution in [1.82, 2.24) is 5.32 Å². The molecule has 4 heteroatoms. The maximum absolute atomic E-state index is 12.4. The molecule has 0 saturated heterocycles. The van der Waals surface area contributed by atoms with Gasteiger partial charge in [-0.1, -0.05) is 31.6 Å². The highest BCUT2D eigenvalue weighted by molar-refractivity contribution is 5.83. The maximum atomic E-state index is 12.4. The van der Waals surface area contributed by atoms with Crippen molar-refractivity contribution >= 4 is 5.91 Å². The minimum atomic E-state index is 0.0602. The first-order valence-corrected chi connectivity index (χ1v) is 8.45. The van der Waals surface area contributed by atoms with Crippen molar-refractivity contribution in [3.05, 3.63) is 35.4 Å². The molecule has 132 valence electrons. The van der Waals surface area contributed by atoms with Gasteiger partial charge in [0.2, 0.25) is 5.91 Å². The van der Waals surface area contributed by atoms with Crippen LogP contribution in [0.25, 0.3) is 0 Å². The van der Waals surface area contributed by atoms with E-state index in [0.29, 0.717) is 18.2 Å². The van der Waals surface area contributed by atoms with Crippen LogP contribution < -0.4 is 14.8 Å². The summed E-state index contributed by atoms with van der Waals surface area (Å²) in [6, 6.07) is 5.85. The molecule has 1 aromatic rings. The highest BCUT2D eigenvalue weighted by Gasteiger charge is 2.60. The third-order valence-corrected chi connectivity index (χ3v) is 4.87. The van der Waals surface area contributed by atoms with Crippen molar-refractivity contribution in [2.45, 2.75) is 34.1 Å². The first kappa shape index (κ1) is 18.4. The number of methoxy groups -OCH3 is 2. The molecule has 0 unspecified atom stereocenters. The van der Waals surface area contributed by atoms with E-state index in [1.54, 1.807) is 14.2 Å². The van der Waals surface area contributed by atoms with Gasteiger partial charge < -0.3 is 14.8 Å². The lowest BCUT2D eigenvalue weighted by Crippen LogP contribution is -2.28. The lowest BCUT2D eigenvalue weighted by Gasteiger charge is -2.10. The maximum Gasteiger partial charge on any atom is 0.224 e. The van der Waals surface area contributed by atoms with E-state index in [1.165, 1.54) is 5.57 Å². The minimum absolute atomic E-state index is 0.0602. The second-order valence-electron chi connectivity index (χ2n) is 7.30. The number of benzene rings is 1. The number of rotatable bonds is 7. The van der Waals surface area contributed by atoms with E-state index in [1.807, 2.05) is 18.2 Å². The first-order chi connectivity index (χ1) is 11.3. The molecule has 1 aliphatic carbocycles. The summed E-state index contributed by atoms with van der Waals surface area (Å²) in [7, 11) is 3.25. The molecule has 1 aliphatic rings. The van der Waals surface area contributed by atoms with Crippen LogP contribution in [0.4, 0.5) is 0 Å². The average Bonchev–Trinajstić information content (AvgIpc) is 3.06. The summed E-state index contributed by atoms with van der Waals surface area (Å²) in [5, 5.41) is 3.08. The van der Waals surface area contributed by atoms with Crippen LogP contribution >= 0.6 is 0 Å². The molecule has 0 aromatic heterocycles. The Morgan fingerprint density at radius 2 is 1.88 bits per heavy atom. The highest BCUT2D eigenvalue weighted by atomic mass is 16.5. The Kier molecular flexibility index (Phi) is 5.58. The fourth-order valence-electron chi connectivity index (χ4n) is 3.32. The number of carbonyl (C=O) groups is 1. The van der Waals surface area contributed by atoms with Crippen LogP contribution in [0, 0.1) is 17.3 Å². The molecular formula is C20H29NO3. The van der Waals surface area contributed by atoms with E-state index in [0.717, 1.165) is 17.7 Å². The van der Waals surface area contributed by atoms with Crippen LogP contribution in [-0.4, -0.2) is 26.7 Å².